The van der Waals surface area contributed by atoms with Crippen molar-refractivity contribution in [3.05, 3.63) is 58.7 Å². The molecule has 0 spiro atoms. The first kappa shape index (κ1) is 17.7. The quantitative estimate of drug-likeness (QED) is 0.810. The molecule has 1 heterocycles. The molecule has 0 amide bonds. The number of fused-ring (bicyclic) bond motifs is 1. The molecule has 4 heteroatoms. The van der Waals surface area contributed by atoms with E-state index in [4.69, 9.17) is 4.74 Å². The van der Waals surface area contributed by atoms with E-state index in [1.807, 2.05) is 6.08 Å². The topological polar surface area (TPSA) is 49.8 Å². The van der Waals surface area contributed by atoms with Crippen LogP contribution in [0.5, 0.6) is 11.5 Å². The fourth-order valence-corrected chi connectivity index (χ4v) is 4.02. The number of Topliss-reactive ketones (excluding diaryl/α,β-unsaturated/α-hetero) is 1. The van der Waals surface area contributed by atoms with Crippen LogP contribution in [0.4, 0.5) is 5.69 Å². The number of carbonyl (C=O) groups excluding carboxylic acids is 1. The van der Waals surface area contributed by atoms with Crippen LogP contribution in [0.3, 0.4) is 0 Å². The van der Waals surface area contributed by atoms with E-state index in [0.717, 1.165) is 41.0 Å². The maximum absolute atomic E-state index is 13.0. The summed E-state index contributed by atoms with van der Waals surface area (Å²) in [5.74, 6) is 0.618. The van der Waals surface area contributed by atoms with Crippen molar-refractivity contribution in [1.29, 1.82) is 0 Å². The first-order chi connectivity index (χ1) is 13.2. The van der Waals surface area contributed by atoms with Gasteiger partial charge in [0.1, 0.15) is 0 Å². The third kappa shape index (κ3) is 3.57. The number of methoxy groups -OCH3 is 1. The lowest BCUT2D eigenvalue weighted by atomic mass is 10.1. The summed E-state index contributed by atoms with van der Waals surface area (Å²) in [5.41, 5.74) is 4.72. The highest BCUT2D eigenvalue weighted by atomic mass is 16.5. The van der Waals surface area contributed by atoms with Gasteiger partial charge in [0.2, 0.25) is 0 Å². The smallest absolute Gasteiger partial charge is 0.189 e. The SMILES string of the molecule is COc1cc(C=C2Cc3ccc(N4CCCCCC4)cc3C2=O)ccc1O. The molecule has 1 aliphatic heterocycles. The molecule has 1 saturated heterocycles. The summed E-state index contributed by atoms with van der Waals surface area (Å²) in [6.07, 6.45) is 7.58. The monoisotopic (exact) mass is 363 g/mol. The molecule has 1 fully saturated rings. The third-order valence-electron chi connectivity index (χ3n) is 5.53. The Balaban J connectivity index is 1.60. The minimum absolute atomic E-state index is 0.0998. The molecule has 4 nitrogen and oxygen atoms in total. The van der Waals surface area contributed by atoms with Gasteiger partial charge in [0, 0.05) is 36.3 Å². The van der Waals surface area contributed by atoms with Crippen LogP contribution in [0.25, 0.3) is 6.08 Å². The van der Waals surface area contributed by atoms with Crippen molar-refractivity contribution >= 4 is 17.5 Å². The lowest BCUT2D eigenvalue weighted by molar-refractivity contribution is 0.104. The van der Waals surface area contributed by atoms with Crippen LogP contribution in [0.2, 0.25) is 0 Å². The van der Waals surface area contributed by atoms with E-state index in [1.165, 1.54) is 32.8 Å². The second-order valence-corrected chi connectivity index (χ2v) is 7.35. The normalized spacial score (nSPS) is 18.5. The van der Waals surface area contributed by atoms with Crippen LogP contribution in [-0.2, 0) is 6.42 Å². The van der Waals surface area contributed by atoms with Crippen LogP contribution in [0, 0.1) is 0 Å². The number of rotatable bonds is 3. The zero-order chi connectivity index (χ0) is 18.8. The van der Waals surface area contributed by atoms with E-state index in [9.17, 15) is 9.90 Å². The molecule has 0 saturated carbocycles. The molecule has 27 heavy (non-hydrogen) atoms. The van der Waals surface area contributed by atoms with E-state index < -0.39 is 0 Å². The summed E-state index contributed by atoms with van der Waals surface area (Å²) in [4.78, 5) is 15.4. The zero-order valence-corrected chi connectivity index (χ0v) is 15.7. The van der Waals surface area contributed by atoms with Crippen LogP contribution < -0.4 is 9.64 Å². The number of phenols is 1. The lowest BCUT2D eigenvalue weighted by Gasteiger charge is -2.23. The van der Waals surface area contributed by atoms with Crippen molar-refractivity contribution < 1.29 is 14.6 Å². The average molecular weight is 363 g/mol. The molecule has 1 aliphatic carbocycles. The molecule has 0 radical (unpaired) electrons. The lowest BCUT2D eigenvalue weighted by Crippen LogP contribution is -2.24. The standard InChI is InChI=1S/C23H25NO3/c1-27-22-13-16(6-9-21(22)25)12-18-14-17-7-8-19(15-20(17)23(18)26)24-10-4-2-3-5-11-24/h6-9,12-13,15,25H,2-5,10-11,14H2,1H3. The Morgan fingerprint density at radius 3 is 2.56 bits per heavy atom. The fraction of sp³-hybridized carbons (Fsp3) is 0.348. The Kier molecular flexibility index (Phi) is 4.88. The molecule has 0 bridgehead atoms. The number of ketones is 1. The molecule has 2 aromatic carbocycles. The Bertz CT molecular complexity index is 892. The Morgan fingerprint density at radius 1 is 1.04 bits per heavy atom. The number of carbonyl (C=O) groups is 1. The van der Waals surface area contributed by atoms with Gasteiger partial charge in [-0.25, -0.2) is 0 Å². The van der Waals surface area contributed by atoms with Gasteiger partial charge in [-0.1, -0.05) is 25.0 Å². The van der Waals surface area contributed by atoms with E-state index in [0.29, 0.717) is 12.2 Å². The molecule has 4 rings (SSSR count). The van der Waals surface area contributed by atoms with E-state index in [2.05, 4.69) is 23.1 Å². The Hall–Kier alpha value is -2.75. The number of hydrogen-bond donors (Lipinski definition) is 1. The summed E-state index contributed by atoms with van der Waals surface area (Å²) in [7, 11) is 1.52. The van der Waals surface area contributed by atoms with Gasteiger partial charge in [0.05, 0.1) is 7.11 Å². The molecule has 2 aromatic rings. The molecule has 140 valence electrons. The molecule has 2 aliphatic rings. The number of allylic oxidation sites excluding steroid dienone is 1. The highest BCUT2D eigenvalue weighted by Crippen LogP contribution is 2.33. The minimum atomic E-state index is 0.0998. The van der Waals surface area contributed by atoms with Crippen LogP contribution in [-0.4, -0.2) is 31.1 Å². The van der Waals surface area contributed by atoms with E-state index in [-0.39, 0.29) is 11.5 Å². The maximum atomic E-state index is 13.0. The third-order valence-corrected chi connectivity index (χ3v) is 5.53. The highest BCUT2D eigenvalue weighted by molar-refractivity contribution is 6.16. The van der Waals surface area contributed by atoms with Crippen molar-refractivity contribution in [2.24, 2.45) is 0 Å². The van der Waals surface area contributed by atoms with Gasteiger partial charge < -0.3 is 14.7 Å². The predicted octanol–water partition coefficient (Wildman–Crippen LogP) is 4.60. The summed E-state index contributed by atoms with van der Waals surface area (Å²) >= 11 is 0. The Morgan fingerprint density at radius 2 is 1.81 bits per heavy atom. The van der Waals surface area contributed by atoms with Crippen LogP contribution in [0.1, 0.15) is 47.2 Å². The van der Waals surface area contributed by atoms with E-state index >= 15 is 0 Å². The second-order valence-electron chi connectivity index (χ2n) is 7.35. The van der Waals surface area contributed by atoms with Gasteiger partial charge in [0.25, 0.3) is 0 Å². The zero-order valence-electron chi connectivity index (χ0n) is 15.7. The van der Waals surface area contributed by atoms with Crippen molar-refractivity contribution in [3.63, 3.8) is 0 Å². The molecule has 0 atom stereocenters. The van der Waals surface area contributed by atoms with Crippen molar-refractivity contribution in [3.8, 4) is 11.5 Å². The second kappa shape index (κ2) is 7.47. The average Bonchev–Trinajstić information content (AvgIpc) is 2.87. The maximum Gasteiger partial charge on any atom is 0.189 e. The summed E-state index contributed by atoms with van der Waals surface area (Å²) < 4.78 is 5.16. The molecule has 0 unspecified atom stereocenters. The van der Waals surface area contributed by atoms with Gasteiger partial charge in [-0.3, -0.25) is 4.79 Å². The Labute approximate surface area is 160 Å². The number of nitrogens with zero attached hydrogens (tertiary/aromatic N) is 1. The number of anilines is 1. The van der Waals surface area contributed by atoms with Gasteiger partial charge in [-0.05, 0) is 54.3 Å². The first-order valence-corrected chi connectivity index (χ1v) is 9.66. The first-order valence-electron chi connectivity index (χ1n) is 9.66. The van der Waals surface area contributed by atoms with Crippen molar-refractivity contribution in [1.82, 2.24) is 0 Å². The van der Waals surface area contributed by atoms with Crippen LogP contribution in [0.15, 0.2) is 42.0 Å². The predicted molar refractivity (Wildman–Crippen MR) is 108 cm³/mol. The summed E-state index contributed by atoms with van der Waals surface area (Å²) in [5, 5.41) is 9.75. The summed E-state index contributed by atoms with van der Waals surface area (Å²) in [6, 6.07) is 11.5. The number of phenolic OH excluding ortho intramolecular Hbond substituents is 1. The van der Waals surface area contributed by atoms with Crippen LogP contribution >= 0.6 is 0 Å². The summed E-state index contributed by atoms with van der Waals surface area (Å²) in [6.45, 7) is 2.14. The van der Waals surface area contributed by atoms with Crippen molar-refractivity contribution in [2.45, 2.75) is 32.1 Å². The molecular weight excluding hydrogens is 338 g/mol. The van der Waals surface area contributed by atoms with Gasteiger partial charge in [0.15, 0.2) is 17.3 Å². The minimum Gasteiger partial charge on any atom is -0.504 e. The van der Waals surface area contributed by atoms with E-state index in [1.54, 1.807) is 18.2 Å². The number of hydrogen-bond acceptors (Lipinski definition) is 4. The number of ether oxygens (including phenoxy) is 1. The number of aromatic hydroxyl groups is 1. The largest absolute Gasteiger partial charge is 0.504 e. The molecular formula is C23H25NO3. The number of benzene rings is 2. The highest BCUT2D eigenvalue weighted by Gasteiger charge is 2.26. The fourth-order valence-electron chi connectivity index (χ4n) is 4.02. The van der Waals surface area contributed by atoms with Crippen molar-refractivity contribution in [2.75, 3.05) is 25.1 Å². The molecule has 0 aromatic heterocycles. The van der Waals surface area contributed by atoms with Gasteiger partial charge in [-0.15, -0.1) is 0 Å². The van der Waals surface area contributed by atoms with Gasteiger partial charge >= 0.3 is 0 Å². The van der Waals surface area contributed by atoms with Gasteiger partial charge in [-0.2, -0.15) is 0 Å². The molecule has 1 N–H and O–H groups in total.